The molecule has 1 aliphatic carbocycles. The van der Waals surface area contributed by atoms with Crippen molar-refractivity contribution in [2.75, 3.05) is 5.32 Å². The Hall–Kier alpha value is -2.91. The predicted molar refractivity (Wildman–Crippen MR) is 90.4 cm³/mol. The van der Waals surface area contributed by atoms with Crippen LogP contribution in [0.25, 0.3) is 0 Å². The number of anilines is 1. The van der Waals surface area contributed by atoms with Crippen molar-refractivity contribution >= 4 is 17.3 Å². The first kappa shape index (κ1) is 18.9. The predicted octanol–water partition coefficient (Wildman–Crippen LogP) is 4.20. The Bertz CT molecular complexity index is 903. The molecule has 0 aliphatic heterocycles. The average Bonchev–Trinajstić information content (AvgIpc) is 3.32. The summed E-state index contributed by atoms with van der Waals surface area (Å²) >= 11 is 0. The van der Waals surface area contributed by atoms with Crippen molar-refractivity contribution in [2.45, 2.75) is 44.8 Å². The summed E-state index contributed by atoms with van der Waals surface area (Å²) in [6.45, 7) is 3.08. The zero-order valence-electron chi connectivity index (χ0n) is 14.6. The van der Waals surface area contributed by atoms with Crippen molar-refractivity contribution in [3.63, 3.8) is 0 Å². The highest BCUT2D eigenvalue weighted by molar-refractivity contribution is 5.95. The summed E-state index contributed by atoms with van der Waals surface area (Å²) in [5.41, 5.74) is -0.354. The Morgan fingerprint density at radius 3 is 2.59 bits per heavy atom. The number of alkyl halides is 3. The molecule has 1 atom stereocenters. The van der Waals surface area contributed by atoms with Crippen LogP contribution in [0.1, 0.15) is 48.7 Å². The van der Waals surface area contributed by atoms with Crippen molar-refractivity contribution in [3.8, 4) is 0 Å². The van der Waals surface area contributed by atoms with Gasteiger partial charge in [-0.1, -0.05) is 6.07 Å². The van der Waals surface area contributed by atoms with Gasteiger partial charge in [-0.3, -0.25) is 19.6 Å². The Labute approximate surface area is 152 Å². The highest BCUT2D eigenvalue weighted by atomic mass is 19.4. The molecule has 0 saturated heterocycles. The van der Waals surface area contributed by atoms with Crippen LogP contribution in [0.15, 0.2) is 24.3 Å². The summed E-state index contributed by atoms with van der Waals surface area (Å²) in [5.74, 6) is -0.738. The number of halogens is 3. The topological polar surface area (TPSA) is 90.1 Å². The van der Waals surface area contributed by atoms with Gasteiger partial charge in [0, 0.05) is 17.7 Å². The number of hydrogen-bond donors (Lipinski definition) is 1. The van der Waals surface area contributed by atoms with Gasteiger partial charge in [-0.15, -0.1) is 0 Å². The summed E-state index contributed by atoms with van der Waals surface area (Å²) in [4.78, 5) is 23.1. The first-order valence-electron chi connectivity index (χ1n) is 8.30. The van der Waals surface area contributed by atoms with E-state index in [9.17, 15) is 28.1 Å². The molecule has 0 bridgehead atoms. The number of carbonyl (C=O) groups excluding carboxylic acids is 1. The minimum atomic E-state index is -4.61. The molecule has 0 spiro atoms. The fraction of sp³-hybridized carbons (Fsp3) is 0.412. The third-order valence-electron chi connectivity index (χ3n) is 4.40. The maximum atomic E-state index is 13.0. The van der Waals surface area contributed by atoms with Crippen molar-refractivity contribution in [3.05, 3.63) is 51.3 Å². The highest BCUT2D eigenvalue weighted by Crippen LogP contribution is 2.43. The second kappa shape index (κ2) is 6.67. The first-order valence-corrected chi connectivity index (χ1v) is 8.30. The molecule has 1 aliphatic rings. The minimum absolute atomic E-state index is 0.0152. The number of rotatable bonds is 5. The molecule has 1 aromatic carbocycles. The molecule has 1 fully saturated rings. The molecule has 1 saturated carbocycles. The van der Waals surface area contributed by atoms with Crippen LogP contribution in [-0.2, 0) is 11.0 Å². The molecule has 1 aromatic heterocycles. The van der Waals surface area contributed by atoms with Crippen molar-refractivity contribution < 1.29 is 22.9 Å². The van der Waals surface area contributed by atoms with Crippen molar-refractivity contribution in [1.82, 2.24) is 9.78 Å². The zero-order valence-corrected chi connectivity index (χ0v) is 14.6. The first-order chi connectivity index (χ1) is 12.6. The van der Waals surface area contributed by atoms with Crippen LogP contribution >= 0.6 is 0 Å². The lowest BCUT2D eigenvalue weighted by molar-refractivity contribution is -0.384. The lowest BCUT2D eigenvalue weighted by Gasteiger charge is -2.16. The van der Waals surface area contributed by atoms with Gasteiger partial charge in [-0.2, -0.15) is 18.3 Å². The minimum Gasteiger partial charge on any atom is -0.319 e. The molecule has 2 aromatic rings. The molecular weight excluding hydrogens is 365 g/mol. The number of hydrogen-bond acceptors (Lipinski definition) is 4. The lowest BCUT2D eigenvalue weighted by Crippen LogP contribution is -2.26. The quantitative estimate of drug-likeness (QED) is 0.620. The van der Waals surface area contributed by atoms with E-state index in [1.54, 1.807) is 13.0 Å². The summed E-state index contributed by atoms with van der Waals surface area (Å²) in [7, 11) is 0. The lowest BCUT2D eigenvalue weighted by atomic mass is 10.2. The SMILES string of the molecule is Cc1ccc(NC(=O)C(C)n2nc(C(F)(F)F)cc2C2CC2)c([N+](=O)[O-])c1. The van der Waals surface area contributed by atoms with E-state index < -0.39 is 28.7 Å². The standard InChI is InChI=1S/C17H17F3N4O3/c1-9-3-6-12(14(7-9)24(26)27)21-16(25)10(2)23-13(11-4-5-11)8-15(22-23)17(18,19)20/h3,6-8,10-11H,4-5H2,1-2H3,(H,21,25). The number of aromatic nitrogens is 2. The van der Waals surface area contributed by atoms with Gasteiger partial charge in [0.05, 0.1) is 4.92 Å². The molecule has 1 N–H and O–H groups in total. The summed E-state index contributed by atoms with van der Waals surface area (Å²) in [6, 6.07) is 4.21. The van der Waals surface area contributed by atoms with E-state index in [0.29, 0.717) is 11.3 Å². The van der Waals surface area contributed by atoms with Gasteiger partial charge >= 0.3 is 6.18 Å². The fourth-order valence-corrected chi connectivity index (χ4v) is 2.79. The number of amides is 1. The van der Waals surface area contributed by atoms with E-state index in [1.165, 1.54) is 19.1 Å². The summed E-state index contributed by atoms with van der Waals surface area (Å²) in [5, 5.41) is 17.2. The third-order valence-corrected chi connectivity index (χ3v) is 4.40. The van der Waals surface area contributed by atoms with Gasteiger partial charge in [0.2, 0.25) is 5.91 Å². The summed E-state index contributed by atoms with van der Waals surface area (Å²) in [6.07, 6.45) is -3.14. The van der Waals surface area contributed by atoms with Crippen LogP contribution in [0.4, 0.5) is 24.5 Å². The molecular formula is C17H17F3N4O3. The number of nitro benzene ring substituents is 1. The van der Waals surface area contributed by atoms with E-state index in [0.717, 1.165) is 23.6 Å². The molecule has 0 radical (unpaired) electrons. The van der Waals surface area contributed by atoms with E-state index in [2.05, 4.69) is 10.4 Å². The normalized spacial score (nSPS) is 15.4. The molecule has 3 rings (SSSR count). The maximum Gasteiger partial charge on any atom is 0.435 e. The van der Waals surface area contributed by atoms with Crippen LogP contribution < -0.4 is 5.32 Å². The van der Waals surface area contributed by atoms with Crippen LogP contribution in [0.2, 0.25) is 0 Å². The Morgan fingerprint density at radius 2 is 2.04 bits per heavy atom. The molecule has 1 amide bonds. The van der Waals surface area contributed by atoms with Crippen LogP contribution in [-0.4, -0.2) is 20.6 Å². The van der Waals surface area contributed by atoms with Crippen molar-refractivity contribution in [2.24, 2.45) is 0 Å². The molecule has 1 heterocycles. The van der Waals surface area contributed by atoms with E-state index >= 15 is 0 Å². The number of carbonyl (C=O) groups is 1. The number of benzene rings is 1. The van der Waals surface area contributed by atoms with E-state index in [1.807, 2.05) is 0 Å². The number of aryl methyl sites for hydroxylation is 1. The van der Waals surface area contributed by atoms with Gasteiger partial charge in [0.25, 0.3) is 5.69 Å². The maximum absolute atomic E-state index is 13.0. The summed E-state index contributed by atoms with van der Waals surface area (Å²) < 4.78 is 40.1. The molecule has 1 unspecified atom stereocenters. The average molecular weight is 382 g/mol. The van der Waals surface area contributed by atoms with Crippen LogP contribution in [0.3, 0.4) is 0 Å². The van der Waals surface area contributed by atoms with Gasteiger partial charge in [-0.05, 0) is 44.4 Å². The Morgan fingerprint density at radius 1 is 1.37 bits per heavy atom. The highest BCUT2D eigenvalue weighted by Gasteiger charge is 2.39. The molecule has 10 heteroatoms. The number of nitro groups is 1. The smallest absolute Gasteiger partial charge is 0.319 e. The van der Waals surface area contributed by atoms with Crippen LogP contribution in [0.5, 0.6) is 0 Å². The van der Waals surface area contributed by atoms with Gasteiger partial charge in [0.15, 0.2) is 5.69 Å². The third kappa shape index (κ3) is 3.93. The number of nitrogens with zero attached hydrogens (tertiary/aromatic N) is 3. The van der Waals surface area contributed by atoms with Crippen LogP contribution in [0, 0.1) is 17.0 Å². The van der Waals surface area contributed by atoms with Crippen molar-refractivity contribution in [1.29, 1.82) is 0 Å². The Kier molecular flexibility index (Phi) is 4.66. The monoisotopic (exact) mass is 382 g/mol. The largest absolute Gasteiger partial charge is 0.435 e. The van der Waals surface area contributed by atoms with E-state index in [4.69, 9.17) is 0 Å². The molecule has 27 heavy (non-hydrogen) atoms. The second-order valence-electron chi connectivity index (χ2n) is 6.61. The molecule has 7 nitrogen and oxygen atoms in total. The van der Waals surface area contributed by atoms with E-state index in [-0.39, 0.29) is 17.3 Å². The Balaban J connectivity index is 1.88. The number of nitrogens with one attached hydrogen (secondary N) is 1. The van der Waals surface area contributed by atoms with Gasteiger partial charge in [-0.25, -0.2) is 0 Å². The second-order valence-corrected chi connectivity index (χ2v) is 6.61. The fourth-order valence-electron chi connectivity index (χ4n) is 2.79. The van der Waals surface area contributed by atoms with Gasteiger partial charge in [0.1, 0.15) is 11.7 Å². The van der Waals surface area contributed by atoms with Gasteiger partial charge < -0.3 is 5.32 Å². The molecule has 144 valence electrons. The zero-order chi connectivity index (χ0) is 19.9.